The number of methoxy groups -OCH3 is 1. The van der Waals surface area contributed by atoms with Crippen LogP contribution in [0.3, 0.4) is 0 Å². The summed E-state index contributed by atoms with van der Waals surface area (Å²) >= 11 is 1.52. The number of anilines is 1. The molecule has 0 unspecified atom stereocenters. The van der Waals surface area contributed by atoms with Gasteiger partial charge in [0, 0.05) is 5.69 Å². The minimum absolute atomic E-state index is 0.0370. The summed E-state index contributed by atoms with van der Waals surface area (Å²) in [5, 5.41) is 14.9. The third-order valence-corrected chi connectivity index (χ3v) is 5.00. The standard InChI is InChI=1S/C16H21N5O2S/c1-23-14-8-6-12(7-9-14)17-16(22)11-24-10-15-18-19-20-21(15)13-4-2-3-5-13/h6-9,13H,2-5,10-11H2,1H3,(H,17,22). The smallest absolute Gasteiger partial charge is 0.234 e. The summed E-state index contributed by atoms with van der Waals surface area (Å²) in [5.74, 6) is 2.58. The van der Waals surface area contributed by atoms with Crippen LogP contribution in [0.2, 0.25) is 0 Å². The molecule has 1 fully saturated rings. The van der Waals surface area contributed by atoms with E-state index in [2.05, 4.69) is 20.8 Å². The predicted octanol–water partition coefficient (Wildman–Crippen LogP) is 2.67. The van der Waals surface area contributed by atoms with E-state index in [-0.39, 0.29) is 5.91 Å². The molecule has 0 bridgehead atoms. The van der Waals surface area contributed by atoms with Crippen LogP contribution in [0.15, 0.2) is 24.3 Å². The van der Waals surface area contributed by atoms with Crippen molar-refractivity contribution in [2.45, 2.75) is 37.5 Å². The highest BCUT2D eigenvalue weighted by Crippen LogP contribution is 2.29. The number of benzene rings is 1. The van der Waals surface area contributed by atoms with Crippen LogP contribution < -0.4 is 10.1 Å². The molecule has 1 saturated carbocycles. The molecule has 1 amide bonds. The maximum absolute atomic E-state index is 12.0. The van der Waals surface area contributed by atoms with E-state index >= 15 is 0 Å². The fraction of sp³-hybridized carbons (Fsp3) is 0.500. The molecule has 0 spiro atoms. The number of nitrogens with zero attached hydrogens (tertiary/aromatic N) is 4. The van der Waals surface area contributed by atoms with Gasteiger partial charge in [-0.05, 0) is 47.5 Å². The minimum Gasteiger partial charge on any atom is -0.497 e. The Labute approximate surface area is 145 Å². The van der Waals surface area contributed by atoms with Crippen LogP contribution >= 0.6 is 11.8 Å². The van der Waals surface area contributed by atoms with Gasteiger partial charge < -0.3 is 10.1 Å². The minimum atomic E-state index is -0.0370. The van der Waals surface area contributed by atoms with Gasteiger partial charge in [-0.15, -0.1) is 16.9 Å². The second kappa shape index (κ2) is 8.14. The Bertz CT molecular complexity index is 667. The maximum atomic E-state index is 12.0. The van der Waals surface area contributed by atoms with Crippen LogP contribution in [0.1, 0.15) is 37.5 Å². The molecule has 1 N–H and O–H groups in total. The third kappa shape index (κ3) is 4.25. The van der Waals surface area contributed by atoms with E-state index in [1.54, 1.807) is 7.11 Å². The highest BCUT2D eigenvalue weighted by atomic mass is 32.2. The Morgan fingerprint density at radius 3 is 2.79 bits per heavy atom. The monoisotopic (exact) mass is 347 g/mol. The molecule has 7 nitrogen and oxygen atoms in total. The van der Waals surface area contributed by atoms with Crippen molar-refractivity contribution in [1.82, 2.24) is 20.2 Å². The van der Waals surface area contributed by atoms with E-state index in [9.17, 15) is 4.79 Å². The average molecular weight is 347 g/mol. The van der Waals surface area contributed by atoms with E-state index in [0.717, 1.165) is 30.1 Å². The number of hydrogen-bond acceptors (Lipinski definition) is 6. The van der Waals surface area contributed by atoms with E-state index in [1.165, 1.54) is 24.6 Å². The molecule has 0 aliphatic heterocycles. The Kier molecular flexibility index (Phi) is 5.68. The van der Waals surface area contributed by atoms with Gasteiger partial charge in [0.05, 0.1) is 24.7 Å². The number of tetrazole rings is 1. The van der Waals surface area contributed by atoms with E-state index in [0.29, 0.717) is 17.5 Å². The Morgan fingerprint density at radius 1 is 1.33 bits per heavy atom. The first-order chi connectivity index (χ1) is 11.8. The Morgan fingerprint density at radius 2 is 2.08 bits per heavy atom. The topological polar surface area (TPSA) is 81.9 Å². The zero-order chi connectivity index (χ0) is 16.8. The number of carbonyl (C=O) groups excluding carboxylic acids is 1. The van der Waals surface area contributed by atoms with Crippen molar-refractivity contribution in [3.63, 3.8) is 0 Å². The summed E-state index contributed by atoms with van der Waals surface area (Å²) in [5.41, 5.74) is 0.761. The van der Waals surface area contributed by atoms with Crippen LogP contribution in [0.25, 0.3) is 0 Å². The average Bonchev–Trinajstić information content (AvgIpc) is 3.26. The summed E-state index contributed by atoms with van der Waals surface area (Å²) in [6.07, 6.45) is 4.75. The number of amides is 1. The van der Waals surface area contributed by atoms with Crippen molar-refractivity contribution in [2.75, 3.05) is 18.2 Å². The summed E-state index contributed by atoms with van der Waals surface area (Å²) < 4.78 is 7.03. The molecule has 1 aliphatic carbocycles. The van der Waals surface area contributed by atoms with Crippen molar-refractivity contribution in [3.05, 3.63) is 30.1 Å². The number of thioether (sulfide) groups is 1. The van der Waals surface area contributed by atoms with Crippen LogP contribution in [-0.2, 0) is 10.5 Å². The second-order valence-electron chi connectivity index (χ2n) is 5.75. The van der Waals surface area contributed by atoms with Crippen molar-refractivity contribution in [3.8, 4) is 5.75 Å². The van der Waals surface area contributed by atoms with Crippen molar-refractivity contribution in [1.29, 1.82) is 0 Å². The van der Waals surface area contributed by atoms with Gasteiger partial charge in [-0.1, -0.05) is 12.8 Å². The molecule has 8 heteroatoms. The van der Waals surface area contributed by atoms with Gasteiger partial charge in [-0.2, -0.15) is 0 Å². The fourth-order valence-corrected chi connectivity index (χ4v) is 3.58. The molecule has 1 aromatic heterocycles. The normalized spacial score (nSPS) is 14.7. The van der Waals surface area contributed by atoms with E-state index in [1.807, 2.05) is 28.9 Å². The van der Waals surface area contributed by atoms with Crippen molar-refractivity contribution >= 4 is 23.4 Å². The lowest BCUT2D eigenvalue weighted by atomic mass is 10.2. The SMILES string of the molecule is COc1ccc(NC(=O)CSCc2nnnn2C2CCCC2)cc1. The molecular weight excluding hydrogens is 326 g/mol. The van der Waals surface area contributed by atoms with Crippen molar-refractivity contribution < 1.29 is 9.53 Å². The van der Waals surface area contributed by atoms with Crippen LogP contribution in [-0.4, -0.2) is 39.0 Å². The Balaban J connectivity index is 1.46. The lowest BCUT2D eigenvalue weighted by molar-refractivity contribution is -0.113. The van der Waals surface area contributed by atoms with Gasteiger partial charge in [-0.25, -0.2) is 4.68 Å². The third-order valence-electron chi connectivity index (χ3n) is 4.07. The second-order valence-corrected chi connectivity index (χ2v) is 6.73. The molecule has 1 heterocycles. The van der Waals surface area contributed by atoms with E-state index < -0.39 is 0 Å². The van der Waals surface area contributed by atoms with Crippen LogP contribution in [0, 0.1) is 0 Å². The van der Waals surface area contributed by atoms with Crippen LogP contribution in [0.5, 0.6) is 5.75 Å². The summed E-state index contributed by atoms with van der Waals surface area (Å²) in [4.78, 5) is 12.0. The van der Waals surface area contributed by atoms with Crippen molar-refractivity contribution in [2.24, 2.45) is 0 Å². The van der Waals surface area contributed by atoms with E-state index in [4.69, 9.17) is 4.74 Å². The number of aromatic nitrogens is 4. The number of hydrogen-bond donors (Lipinski definition) is 1. The first-order valence-corrected chi connectivity index (χ1v) is 9.20. The zero-order valence-electron chi connectivity index (χ0n) is 13.6. The first-order valence-electron chi connectivity index (χ1n) is 8.04. The van der Waals surface area contributed by atoms with Gasteiger partial charge >= 0.3 is 0 Å². The number of nitrogens with one attached hydrogen (secondary N) is 1. The zero-order valence-corrected chi connectivity index (χ0v) is 14.5. The molecule has 1 aromatic carbocycles. The molecular formula is C16H21N5O2S. The molecule has 0 saturated heterocycles. The number of ether oxygens (including phenoxy) is 1. The predicted molar refractivity (Wildman–Crippen MR) is 93.1 cm³/mol. The van der Waals surface area contributed by atoms with Gasteiger partial charge in [0.15, 0.2) is 5.82 Å². The van der Waals surface area contributed by atoms with Gasteiger partial charge in [-0.3, -0.25) is 4.79 Å². The first kappa shape index (κ1) is 16.8. The lowest BCUT2D eigenvalue weighted by Crippen LogP contribution is -2.15. The van der Waals surface area contributed by atoms with Gasteiger partial charge in [0.25, 0.3) is 0 Å². The molecule has 24 heavy (non-hydrogen) atoms. The number of carbonyl (C=O) groups is 1. The maximum Gasteiger partial charge on any atom is 0.234 e. The van der Waals surface area contributed by atoms with Gasteiger partial charge in [0.1, 0.15) is 5.75 Å². The largest absolute Gasteiger partial charge is 0.497 e. The summed E-state index contributed by atoms with van der Waals surface area (Å²) in [6, 6.07) is 7.70. The quantitative estimate of drug-likeness (QED) is 0.829. The lowest BCUT2D eigenvalue weighted by Gasteiger charge is -2.11. The molecule has 0 radical (unpaired) electrons. The number of rotatable bonds is 7. The molecule has 1 aliphatic rings. The molecule has 128 valence electrons. The highest BCUT2D eigenvalue weighted by Gasteiger charge is 2.21. The fourth-order valence-electron chi connectivity index (χ4n) is 2.85. The van der Waals surface area contributed by atoms with Gasteiger partial charge in [0.2, 0.25) is 5.91 Å². The summed E-state index contributed by atoms with van der Waals surface area (Å²) in [7, 11) is 1.61. The van der Waals surface area contributed by atoms with Crippen LogP contribution in [0.4, 0.5) is 5.69 Å². The summed E-state index contributed by atoms with van der Waals surface area (Å²) in [6.45, 7) is 0. The highest BCUT2D eigenvalue weighted by molar-refractivity contribution is 7.99. The molecule has 0 atom stereocenters. The molecule has 3 rings (SSSR count). The Hall–Kier alpha value is -2.09. The molecule has 2 aromatic rings.